The maximum absolute atomic E-state index is 13.0. The van der Waals surface area contributed by atoms with Crippen molar-refractivity contribution in [3.63, 3.8) is 0 Å². The topological polar surface area (TPSA) is 196 Å². The Morgan fingerprint density at radius 1 is 1.41 bits per heavy atom. The van der Waals surface area contributed by atoms with E-state index < -0.39 is 35.8 Å². The molecule has 2 aliphatic heterocycles. The number of fused-ring (bicyclic) bond motifs is 2. The summed E-state index contributed by atoms with van der Waals surface area (Å²) in [6, 6.07) is 6.32. The molecular weight excluding hydrogens is 522 g/mol. The number of oxime groups is 1. The van der Waals surface area contributed by atoms with Gasteiger partial charge in [-0.25, -0.2) is 8.97 Å². The van der Waals surface area contributed by atoms with E-state index in [-0.39, 0.29) is 28.9 Å². The summed E-state index contributed by atoms with van der Waals surface area (Å²) in [5, 5.41) is 26.3. The van der Waals surface area contributed by atoms with Crippen LogP contribution in [0.5, 0.6) is 0 Å². The third-order valence-electron chi connectivity index (χ3n) is 5.61. The molecule has 3 N–H and O–H groups in total. The molecule has 0 bridgehead atoms. The fourth-order valence-corrected chi connectivity index (χ4v) is 5.80. The van der Waals surface area contributed by atoms with Gasteiger partial charge in [0.1, 0.15) is 36.4 Å². The molecule has 14 nitrogen and oxygen atoms in total. The smallest absolute Gasteiger partial charge is 0.286 e. The maximum Gasteiger partial charge on any atom is 0.286 e. The highest BCUT2D eigenvalue weighted by Crippen LogP contribution is 2.40. The minimum Gasteiger partial charge on any atom is -0.543 e. The van der Waals surface area contributed by atoms with E-state index in [2.05, 4.69) is 19.8 Å². The summed E-state index contributed by atoms with van der Waals surface area (Å²) in [4.78, 5) is 47.9. The largest absolute Gasteiger partial charge is 0.543 e. The molecule has 16 heteroatoms. The second-order valence-corrected chi connectivity index (χ2v) is 9.71. The second-order valence-electron chi connectivity index (χ2n) is 7.82. The zero-order chi connectivity index (χ0) is 26.1. The fraction of sp³-hybridized carbons (Fsp3) is 0.238. The first kappa shape index (κ1) is 24.2. The van der Waals surface area contributed by atoms with E-state index in [1.807, 2.05) is 45.8 Å². The number of aliphatic carboxylic acids is 1. The summed E-state index contributed by atoms with van der Waals surface area (Å²) in [7, 11) is 0. The second kappa shape index (κ2) is 9.87. The van der Waals surface area contributed by atoms with E-state index in [9.17, 15) is 19.5 Å². The van der Waals surface area contributed by atoms with Gasteiger partial charge >= 0.3 is 0 Å². The molecule has 1 fully saturated rings. The van der Waals surface area contributed by atoms with E-state index in [0.29, 0.717) is 11.3 Å². The van der Waals surface area contributed by atoms with Crippen molar-refractivity contribution in [3.8, 4) is 6.07 Å². The number of nitrogens with two attached hydrogens (primary N) is 1. The standard InChI is InChI=1S/C21H17N9O5S2/c22-4-8-35-26-13(16-25-21(23)37-27-16)17(31)24-14-18(32)30-15(20(33)34)11(10-36-19(14)30)9-29-7-6-28-5-2-1-3-12(28)29/h1-3,5-7,14,19H,8-10H2,(H3-,23,24,25,27,31,33,34)/b26-13-/t14-,19+/m1/s1. The number of β-lactam (4-membered cyclic amide) rings is 1. The SMILES string of the molecule is N#CCO/N=C(\C(=O)N[C@@H]1C(=O)N2C(C(=O)[O-])=C(Cn3cc[n+]4ccccc34)CS[C@@H]12)c1nsc(N)n1. The van der Waals surface area contributed by atoms with Crippen molar-refractivity contribution in [1.29, 1.82) is 5.26 Å². The molecule has 0 radical (unpaired) electrons. The van der Waals surface area contributed by atoms with Crippen LogP contribution in [0.2, 0.25) is 0 Å². The Morgan fingerprint density at radius 2 is 2.24 bits per heavy atom. The molecule has 2 amide bonds. The number of carboxylic acids is 1. The van der Waals surface area contributed by atoms with Gasteiger partial charge in [0.2, 0.25) is 18.1 Å². The van der Waals surface area contributed by atoms with Crippen LogP contribution >= 0.6 is 23.3 Å². The number of anilines is 1. The zero-order valence-electron chi connectivity index (χ0n) is 18.8. The van der Waals surface area contributed by atoms with Crippen LogP contribution in [0.3, 0.4) is 0 Å². The van der Waals surface area contributed by atoms with Gasteiger partial charge in [0.05, 0.1) is 17.9 Å². The molecular formula is C21H17N9O5S2. The van der Waals surface area contributed by atoms with Gasteiger partial charge in [-0.15, -0.1) is 11.8 Å². The van der Waals surface area contributed by atoms with Gasteiger partial charge in [0.15, 0.2) is 5.13 Å². The van der Waals surface area contributed by atoms with Crippen LogP contribution in [-0.4, -0.2) is 66.1 Å². The van der Waals surface area contributed by atoms with Crippen molar-refractivity contribution in [2.45, 2.75) is 18.0 Å². The fourth-order valence-electron chi connectivity index (χ4n) is 4.03. The van der Waals surface area contributed by atoms with Crippen LogP contribution < -0.4 is 20.6 Å². The predicted molar refractivity (Wildman–Crippen MR) is 127 cm³/mol. The number of carbonyl (C=O) groups is 3. The Kier molecular flexibility index (Phi) is 6.46. The minimum absolute atomic E-state index is 0.0784. The molecule has 37 heavy (non-hydrogen) atoms. The molecule has 2 aliphatic rings. The predicted octanol–water partition coefficient (Wildman–Crippen LogP) is -1.99. The van der Waals surface area contributed by atoms with E-state index in [4.69, 9.17) is 15.8 Å². The third kappa shape index (κ3) is 4.45. The molecule has 5 heterocycles. The number of nitrogens with zero attached hydrogens (tertiary/aromatic N) is 7. The molecule has 5 rings (SSSR count). The minimum atomic E-state index is -1.48. The summed E-state index contributed by atoms with van der Waals surface area (Å²) >= 11 is 2.14. The summed E-state index contributed by atoms with van der Waals surface area (Å²) < 4.78 is 7.69. The normalized spacial score (nSPS) is 19.3. The first-order valence-corrected chi connectivity index (χ1v) is 12.5. The van der Waals surface area contributed by atoms with Crippen molar-refractivity contribution < 1.29 is 28.7 Å². The van der Waals surface area contributed by atoms with Gasteiger partial charge in [0, 0.05) is 28.9 Å². The molecule has 0 unspecified atom stereocenters. The number of amides is 2. The van der Waals surface area contributed by atoms with Gasteiger partial charge in [0.25, 0.3) is 17.5 Å². The van der Waals surface area contributed by atoms with Crippen molar-refractivity contribution in [2.75, 3.05) is 18.1 Å². The number of imidazole rings is 1. The van der Waals surface area contributed by atoms with Crippen LogP contribution in [0, 0.1) is 11.3 Å². The molecule has 3 aromatic heterocycles. The van der Waals surface area contributed by atoms with Crippen molar-refractivity contribution in [1.82, 2.24) is 24.1 Å². The summed E-state index contributed by atoms with van der Waals surface area (Å²) in [6.45, 7) is -0.183. The number of thioether (sulfide) groups is 1. The Morgan fingerprint density at radius 3 is 2.97 bits per heavy atom. The molecule has 3 aromatic rings. The lowest BCUT2D eigenvalue weighted by Crippen LogP contribution is -2.71. The first-order valence-electron chi connectivity index (χ1n) is 10.7. The van der Waals surface area contributed by atoms with Gasteiger partial charge in [-0.1, -0.05) is 11.2 Å². The number of pyridine rings is 1. The van der Waals surface area contributed by atoms with Crippen molar-refractivity contribution in [2.24, 2.45) is 5.16 Å². The maximum atomic E-state index is 13.0. The molecule has 0 aliphatic carbocycles. The number of hydrogen-bond donors (Lipinski definition) is 2. The van der Waals surface area contributed by atoms with Gasteiger partial charge in [-0.2, -0.15) is 14.6 Å². The van der Waals surface area contributed by atoms with E-state index in [1.165, 1.54) is 11.8 Å². The lowest BCUT2D eigenvalue weighted by molar-refractivity contribution is -0.510. The summed E-state index contributed by atoms with van der Waals surface area (Å²) in [5.41, 5.74) is 6.37. The lowest BCUT2D eigenvalue weighted by Gasteiger charge is -2.50. The molecule has 2 atom stereocenters. The average molecular weight is 540 g/mol. The van der Waals surface area contributed by atoms with Crippen LogP contribution in [0.4, 0.5) is 5.13 Å². The monoisotopic (exact) mass is 539 g/mol. The average Bonchev–Trinajstić information content (AvgIpc) is 3.50. The van der Waals surface area contributed by atoms with E-state index in [1.54, 1.807) is 6.07 Å². The number of hydrogen-bond acceptors (Lipinski definition) is 12. The third-order valence-corrected chi connectivity index (χ3v) is 7.49. The van der Waals surface area contributed by atoms with Crippen LogP contribution in [0.25, 0.3) is 5.65 Å². The Labute approximate surface area is 216 Å². The van der Waals surface area contributed by atoms with Gasteiger partial charge in [-0.05, 0) is 6.07 Å². The van der Waals surface area contributed by atoms with E-state index >= 15 is 0 Å². The van der Waals surface area contributed by atoms with Crippen molar-refractivity contribution >= 4 is 57.6 Å². The molecule has 1 saturated heterocycles. The highest BCUT2D eigenvalue weighted by Gasteiger charge is 2.53. The number of nitrogen functional groups attached to an aromatic ring is 1. The number of nitrogens with one attached hydrogen (secondary N) is 1. The molecule has 0 spiro atoms. The number of aromatic nitrogens is 4. The molecule has 0 aromatic carbocycles. The Bertz CT molecular complexity index is 1520. The van der Waals surface area contributed by atoms with Crippen molar-refractivity contribution in [3.05, 3.63) is 53.9 Å². The molecule has 0 saturated carbocycles. The first-order chi connectivity index (χ1) is 17.9. The highest BCUT2D eigenvalue weighted by molar-refractivity contribution is 8.00. The quantitative estimate of drug-likeness (QED) is 0.106. The van der Waals surface area contributed by atoms with Crippen LogP contribution in [0.1, 0.15) is 5.82 Å². The Balaban J connectivity index is 1.36. The Hall–Kier alpha value is -4.49. The highest BCUT2D eigenvalue weighted by atomic mass is 32.2. The summed E-state index contributed by atoms with van der Waals surface area (Å²) in [6.07, 6.45) is 5.54. The van der Waals surface area contributed by atoms with E-state index in [0.717, 1.165) is 22.1 Å². The number of rotatable bonds is 8. The zero-order valence-corrected chi connectivity index (χ0v) is 20.4. The summed E-state index contributed by atoms with van der Waals surface area (Å²) in [5.74, 6) is -2.76. The van der Waals surface area contributed by atoms with Crippen LogP contribution in [0.15, 0.2) is 53.2 Å². The van der Waals surface area contributed by atoms with Gasteiger partial charge < -0.3 is 25.8 Å². The number of carboxylic acid groups (broad SMARTS) is 1. The van der Waals surface area contributed by atoms with Crippen LogP contribution in [-0.2, 0) is 25.8 Å². The number of carbonyl (C=O) groups excluding carboxylic acids is 3. The molecule has 188 valence electrons. The number of nitriles is 1. The lowest BCUT2D eigenvalue weighted by atomic mass is 10.0. The van der Waals surface area contributed by atoms with Gasteiger partial charge in [-0.3, -0.25) is 14.5 Å².